The molecule has 1 aliphatic heterocycles. The fraction of sp³-hybridized carbons (Fsp3) is 0.421. The van der Waals surface area contributed by atoms with E-state index < -0.39 is 18.4 Å². The first-order chi connectivity index (χ1) is 14.2. The van der Waals surface area contributed by atoms with Crippen LogP contribution in [-0.2, 0) is 0 Å². The van der Waals surface area contributed by atoms with Crippen molar-refractivity contribution < 1.29 is 17.6 Å². The molecule has 1 saturated heterocycles. The molecule has 3 aromatic heterocycles. The van der Waals surface area contributed by atoms with E-state index in [-0.39, 0.29) is 24.2 Å². The van der Waals surface area contributed by atoms with Gasteiger partial charge in [0.1, 0.15) is 4.60 Å². The van der Waals surface area contributed by atoms with E-state index in [1.807, 2.05) is 4.90 Å². The van der Waals surface area contributed by atoms with Gasteiger partial charge in [0.2, 0.25) is 5.95 Å². The van der Waals surface area contributed by atoms with E-state index >= 15 is 0 Å². The molecule has 0 aliphatic carbocycles. The van der Waals surface area contributed by atoms with Crippen LogP contribution in [0.4, 0.5) is 23.5 Å². The molecule has 0 bridgehead atoms. The average Bonchev–Trinajstić information content (AvgIpc) is 3.06. The second-order valence-corrected chi connectivity index (χ2v) is 8.20. The van der Waals surface area contributed by atoms with E-state index in [1.165, 1.54) is 0 Å². The summed E-state index contributed by atoms with van der Waals surface area (Å²) in [6, 6.07) is 1.75. The molecule has 0 aromatic carbocycles. The first-order valence-electron chi connectivity index (χ1n) is 9.45. The number of piperidine rings is 1. The van der Waals surface area contributed by atoms with Crippen molar-refractivity contribution >= 4 is 32.8 Å². The van der Waals surface area contributed by atoms with Crippen LogP contribution >= 0.6 is 15.9 Å². The molecule has 160 valence electrons. The number of hydrogen-bond acceptors (Lipinski definition) is 5. The molecule has 11 heteroatoms. The van der Waals surface area contributed by atoms with Gasteiger partial charge in [0.25, 0.3) is 0 Å². The van der Waals surface area contributed by atoms with E-state index in [4.69, 9.17) is 5.73 Å². The predicted molar refractivity (Wildman–Crippen MR) is 108 cm³/mol. The third-order valence-corrected chi connectivity index (χ3v) is 5.75. The van der Waals surface area contributed by atoms with Gasteiger partial charge < -0.3 is 10.6 Å². The van der Waals surface area contributed by atoms with Crippen LogP contribution in [0, 0.1) is 5.82 Å². The molecule has 0 amide bonds. The number of alkyl halides is 3. The second-order valence-electron chi connectivity index (χ2n) is 7.38. The van der Waals surface area contributed by atoms with Gasteiger partial charge in [0.15, 0.2) is 11.6 Å². The maximum Gasteiger partial charge on any atom is 0.390 e. The van der Waals surface area contributed by atoms with Crippen molar-refractivity contribution in [2.24, 2.45) is 0 Å². The molecule has 3 aromatic rings. The van der Waals surface area contributed by atoms with E-state index in [1.54, 1.807) is 23.0 Å². The summed E-state index contributed by atoms with van der Waals surface area (Å²) in [6.45, 7) is 1.10. The quantitative estimate of drug-likeness (QED) is 0.436. The Bertz CT molecular complexity index is 1070. The standard InChI is InChI=1S/C19H19BrF4N6/c20-16-6-15-12(7-26-16)13(10-30(15)17-14(21)8-27-18(25)28-17)11-2-1-4-29(9-11)5-3-19(22,23)24/h6-8,10-11H,1-5,9H2,(H2,25,27,28). The summed E-state index contributed by atoms with van der Waals surface area (Å²) in [4.78, 5) is 13.8. The summed E-state index contributed by atoms with van der Waals surface area (Å²) >= 11 is 3.34. The van der Waals surface area contributed by atoms with Crippen LogP contribution in [0.25, 0.3) is 16.7 Å². The lowest BCUT2D eigenvalue weighted by molar-refractivity contribution is -0.138. The Kier molecular flexibility index (Phi) is 5.67. The SMILES string of the molecule is Nc1ncc(F)c(-n2cc(C3CCCN(CCC(F)(F)F)C3)c3cnc(Br)cc32)n1. The minimum absolute atomic E-state index is 0.000884. The van der Waals surface area contributed by atoms with Crippen LogP contribution in [0.1, 0.15) is 30.7 Å². The molecule has 2 N–H and O–H groups in total. The van der Waals surface area contributed by atoms with E-state index in [0.717, 1.165) is 30.0 Å². The Balaban J connectivity index is 1.72. The molecule has 4 rings (SSSR count). The highest BCUT2D eigenvalue weighted by Crippen LogP contribution is 2.36. The zero-order chi connectivity index (χ0) is 21.5. The van der Waals surface area contributed by atoms with Gasteiger partial charge in [-0.05, 0) is 52.9 Å². The summed E-state index contributed by atoms with van der Waals surface area (Å²) in [5, 5.41) is 0.803. The van der Waals surface area contributed by atoms with Crippen LogP contribution in [0.5, 0.6) is 0 Å². The summed E-state index contributed by atoms with van der Waals surface area (Å²) < 4.78 is 54.5. The van der Waals surface area contributed by atoms with Crippen molar-refractivity contribution in [3.8, 4) is 5.82 Å². The van der Waals surface area contributed by atoms with Crippen LogP contribution < -0.4 is 5.73 Å². The number of likely N-dealkylation sites (tertiary alicyclic amines) is 1. The lowest BCUT2D eigenvalue weighted by atomic mass is 9.90. The molecule has 4 heterocycles. The van der Waals surface area contributed by atoms with Crippen molar-refractivity contribution in [2.45, 2.75) is 31.4 Å². The van der Waals surface area contributed by atoms with E-state index in [0.29, 0.717) is 23.2 Å². The van der Waals surface area contributed by atoms with Crippen LogP contribution in [-0.4, -0.2) is 50.2 Å². The van der Waals surface area contributed by atoms with Gasteiger partial charge in [-0.15, -0.1) is 0 Å². The predicted octanol–water partition coefficient (Wildman–Crippen LogP) is 4.43. The summed E-state index contributed by atoms with van der Waals surface area (Å²) in [5.74, 6) is -0.669. The van der Waals surface area contributed by atoms with E-state index in [9.17, 15) is 17.6 Å². The Morgan fingerprint density at radius 2 is 2.03 bits per heavy atom. The lowest BCUT2D eigenvalue weighted by Crippen LogP contribution is -2.36. The second kappa shape index (κ2) is 8.10. The molecule has 1 unspecified atom stereocenters. The summed E-state index contributed by atoms with van der Waals surface area (Å²) in [7, 11) is 0. The monoisotopic (exact) mass is 486 g/mol. The molecule has 6 nitrogen and oxygen atoms in total. The Morgan fingerprint density at radius 1 is 1.23 bits per heavy atom. The molecular formula is C19H19BrF4N6. The van der Waals surface area contributed by atoms with Gasteiger partial charge in [-0.1, -0.05) is 0 Å². The van der Waals surface area contributed by atoms with Gasteiger partial charge in [0, 0.05) is 30.9 Å². The molecule has 1 fully saturated rings. The Labute approximate surface area is 178 Å². The van der Waals surface area contributed by atoms with Crippen molar-refractivity contribution in [3.63, 3.8) is 0 Å². The topological polar surface area (TPSA) is 72.9 Å². The Morgan fingerprint density at radius 3 is 2.80 bits per heavy atom. The first kappa shape index (κ1) is 21.0. The highest BCUT2D eigenvalue weighted by atomic mass is 79.9. The molecule has 1 atom stereocenters. The van der Waals surface area contributed by atoms with Crippen LogP contribution in [0.3, 0.4) is 0 Å². The third kappa shape index (κ3) is 4.41. The molecule has 0 radical (unpaired) electrons. The largest absolute Gasteiger partial charge is 0.390 e. The van der Waals surface area contributed by atoms with E-state index in [2.05, 4.69) is 30.9 Å². The average molecular weight is 487 g/mol. The highest BCUT2D eigenvalue weighted by molar-refractivity contribution is 9.10. The normalized spacial score (nSPS) is 18.2. The number of anilines is 1. The number of nitrogens with two attached hydrogens (primary N) is 1. The zero-order valence-electron chi connectivity index (χ0n) is 15.8. The van der Waals surface area contributed by atoms with Gasteiger partial charge in [-0.3, -0.25) is 4.57 Å². The summed E-state index contributed by atoms with van der Waals surface area (Å²) in [5.41, 5.74) is 7.23. The number of fused-ring (bicyclic) bond motifs is 1. The Hall–Kier alpha value is -2.27. The highest BCUT2D eigenvalue weighted by Gasteiger charge is 2.31. The van der Waals surface area contributed by atoms with Crippen molar-refractivity contribution in [2.75, 3.05) is 25.4 Å². The third-order valence-electron chi connectivity index (χ3n) is 5.32. The maximum atomic E-state index is 14.5. The molecule has 30 heavy (non-hydrogen) atoms. The fourth-order valence-electron chi connectivity index (χ4n) is 3.96. The van der Waals surface area contributed by atoms with Crippen molar-refractivity contribution in [3.05, 3.63) is 40.6 Å². The minimum Gasteiger partial charge on any atom is -0.368 e. The van der Waals surface area contributed by atoms with Gasteiger partial charge >= 0.3 is 6.18 Å². The van der Waals surface area contributed by atoms with Crippen molar-refractivity contribution in [1.29, 1.82) is 0 Å². The summed E-state index contributed by atoms with van der Waals surface area (Å²) in [6.07, 6.45) is 1.08. The lowest BCUT2D eigenvalue weighted by Gasteiger charge is -2.32. The first-order valence-corrected chi connectivity index (χ1v) is 10.2. The smallest absolute Gasteiger partial charge is 0.368 e. The fourth-order valence-corrected chi connectivity index (χ4v) is 4.28. The number of halogens is 5. The van der Waals surface area contributed by atoms with Crippen molar-refractivity contribution in [1.82, 2.24) is 24.4 Å². The van der Waals surface area contributed by atoms with Crippen LogP contribution in [0.2, 0.25) is 0 Å². The molecule has 0 saturated carbocycles. The molecule has 0 spiro atoms. The number of nitrogen functional groups attached to an aromatic ring is 1. The molecule has 1 aliphatic rings. The number of rotatable bonds is 4. The van der Waals surface area contributed by atoms with Gasteiger partial charge in [0.05, 0.1) is 18.1 Å². The van der Waals surface area contributed by atoms with Crippen LogP contribution in [0.15, 0.2) is 29.3 Å². The number of nitrogens with zero attached hydrogens (tertiary/aromatic N) is 5. The van der Waals surface area contributed by atoms with Gasteiger partial charge in [-0.25, -0.2) is 14.4 Å². The maximum absolute atomic E-state index is 14.5. The number of pyridine rings is 1. The number of hydrogen-bond donors (Lipinski definition) is 1. The minimum atomic E-state index is -4.18. The molecular weight excluding hydrogens is 468 g/mol. The zero-order valence-corrected chi connectivity index (χ0v) is 17.4. The van der Waals surface area contributed by atoms with Gasteiger partial charge in [-0.2, -0.15) is 18.2 Å². The number of aromatic nitrogens is 4.